The predicted molar refractivity (Wildman–Crippen MR) is 83.7 cm³/mol. The first-order valence-electron chi connectivity index (χ1n) is 6.19. The lowest BCUT2D eigenvalue weighted by molar-refractivity contribution is -0.114. The molecule has 0 fully saturated rings. The number of carbonyl (C=O) groups is 2. The normalized spacial score (nSPS) is 10.2. The summed E-state index contributed by atoms with van der Waals surface area (Å²) >= 11 is 7.30. The molecule has 0 bridgehead atoms. The van der Waals surface area contributed by atoms with Crippen molar-refractivity contribution in [1.82, 2.24) is 9.88 Å². The van der Waals surface area contributed by atoms with E-state index in [2.05, 4.69) is 10.3 Å². The summed E-state index contributed by atoms with van der Waals surface area (Å²) in [5.41, 5.74) is 1.17. The molecule has 2 rings (SSSR count). The van der Waals surface area contributed by atoms with Crippen LogP contribution in [0.5, 0.6) is 0 Å². The molecule has 0 aliphatic carbocycles. The van der Waals surface area contributed by atoms with Crippen molar-refractivity contribution in [3.63, 3.8) is 0 Å². The van der Waals surface area contributed by atoms with Gasteiger partial charge in [-0.3, -0.25) is 9.59 Å². The highest BCUT2D eigenvalue weighted by molar-refractivity contribution is 7.14. The minimum Gasteiger partial charge on any atom is -0.336 e. The van der Waals surface area contributed by atoms with E-state index < -0.39 is 0 Å². The number of nitrogens with one attached hydrogen (secondary N) is 1. The maximum absolute atomic E-state index is 12.3. The molecule has 0 unspecified atom stereocenters. The van der Waals surface area contributed by atoms with Gasteiger partial charge in [0.15, 0.2) is 5.13 Å². The minimum absolute atomic E-state index is 0.215. The molecule has 2 aromatic rings. The van der Waals surface area contributed by atoms with Crippen LogP contribution >= 0.6 is 22.9 Å². The van der Waals surface area contributed by atoms with Crippen molar-refractivity contribution in [1.29, 1.82) is 0 Å². The van der Waals surface area contributed by atoms with Crippen molar-refractivity contribution in [2.75, 3.05) is 12.4 Å². The largest absolute Gasteiger partial charge is 0.336 e. The maximum atomic E-state index is 12.3. The second-order valence-corrected chi connectivity index (χ2v) is 5.74. The van der Waals surface area contributed by atoms with Gasteiger partial charge in [0, 0.05) is 30.9 Å². The zero-order chi connectivity index (χ0) is 15.4. The molecule has 1 aromatic heterocycles. The number of anilines is 1. The fraction of sp³-hybridized carbons (Fsp3) is 0.214. The highest BCUT2D eigenvalue weighted by Crippen LogP contribution is 2.19. The summed E-state index contributed by atoms with van der Waals surface area (Å²) in [6, 6.07) is 7.37. The maximum Gasteiger partial charge on any atom is 0.273 e. The number of nitrogens with zero attached hydrogens (tertiary/aromatic N) is 2. The number of aromatic nitrogens is 1. The summed E-state index contributed by atoms with van der Waals surface area (Å²) in [6.45, 7) is 1.79. The second-order valence-electron chi connectivity index (χ2n) is 4.47. The molecule has 110 valence electrons. The lowest BCUT2D eigenvalue weighted by Gasteiger charge is -2.16. The number of benzene rings is 1. The van der Waals surface area contributed by atoms with Gasteiger partial charge >= 0.3 is 0 Å². The molecule has 0 saturated carbocycles. The molecule has 5 nitrogen and oxygen atoms in total. The molecule has 0 aliphatic heterocycles. The summed E-state index contributed by atoms with van der Waals surface area (Å²) in [5.74, 6) is -0.435. The molecule has 0 radical (unpaired) electrons. The molecular formula is C14H14ClN3O2S. The third-order valence-electron chi connectivity index (χ3n) is 2.72. The topological polar surface area (TPSA) is 62.3 Å². The van der Waals surface area contributed by atoms with E-state index in [0.29, 0.717) is 22.4 Å². The Morgan fingerprint density at radius 1 is 1.38 bits per heavy atom. The Bertz CT molecular complexity index is 672. The number of rotatable bonds is 4. The van der Waals surface area contributed by atoms with E-state index in [4.69, 9.17) is 11.6 Å². The molecule has 1 N–H and O–H groups in total. The minimum atomic E-state index is -0.220. The van der Waals surface area contributed by atoms with Crippen LogP contribution in [0.15, 0.2) is 29.6 Å². The van der Waals surface area contributed by atoms with Gasteiger partial charge in [-0.1, -0.05) is 29.8 Å². The summed E-state index contributed by atoms with van der Waals surface area (Å²) < 4.78 is 0. The molecule has 7 heteroatoms. The molecule has 2 amide bonds. The Kier molecular flexibility index (Phi) is 4.93. The van der Waals surface area contributed by atoms with Crippen LogP contribution in [0.1, 0.15) is 23.0 Å². The van der Waals surface area contributed by atoms with Crippen LogP contribution in [0.2, 0.25) is 5.02 Å². The molecule has 0 aliphatic rings. The van der Waals surface area contributed by atoms with Gasteiger partial charge in [-0.25, -0.2) is 4.98 Å². The Labute approximate surface area is 131 Å². The van der Waals surface area contributed by atoms with Crippen LogP contribution in [0.3, 0.4) is 0 Å². The molecule has 0 saturated heterocycles. The quantitative estimate of drug-likeness (QED) is 0.940. The Hall–Kier alpha value is -1.92. The van der Waals surface area contributed by atoms with Gasteiger partial charge in [0.25, 0.3) is 5.91 Å². The number of halogens is 1. The third kappa shape index (κ3) is 4.03. The second kappa shape index (κ2) is 6.69. The number of carbonyl (C=O) groups excluding carboxylic acids is 2. The van der Waals surface area contributed by atoms with Crippen LogP contribution in [0.25, 0.3) is 0 Å². The zero-order valence-electron chi connectivity index (χ0n) is 11.6. The van der Waals surface area contributed by atoms with Crippen molar-refractivity contribution < 1.29 is 9.59 Å². The van der Waals surface area contributed by atoms with Crippen molar-refractivity contribution in [2.45, 2.75) is 13.5 Å². The number of hydrogen-bond acceptors (Lipinski definition) is 4. The monoisotopic (exact) mass is 323 g/mol. The van der Waals surface area contributed by atoms with Gasteiger partial charge in [0.05, 0.1) is 0 Å². The highest BCUT2D eigenvalue weighted by Gasteiger charge is 2.16. The van der Waals surface area contributed by atoms with Crippen molar-refractivity contribution >= 4 is 39.9 Å². The Morgan fingerprint density at radius 3 is 2.76 bits per heavy atom. The molecule has 0 atom stereocenters. The Morgan fingerprint density at radius 2 is 2.10 bits per heavy atom. The van der Waals surface area contributed by atoms with Crippen LogP contribution < -0.4 is 5.32 Å². The zero-order valence-corrected chi connectivity index (χ0v) is 13.2. The van der Waals surface area contributed by atoms with E-state index in [1.165, 1.54) is 23.2 Å². The molecule has 21 heavy (non-hydrogen) atoms. The van der Waals surface area contributed by atoms with Crippen LogP contribution in [0, 0.1) is 0 Å². The number of hydrogen-bond donors (Lipinski definition) is 1. The van der Waals surface area contributed by atoms with Gasteiger partial charge in [-0.05, 0) is 11.6 Å². The molecule has 0 spiro atoms. The summed E-state index contributed by atoms with van der Waals surface area (Å²) in [5, 5.41) is 5.21. The first-order chi connectivity index (χ1) is 9.97. The average Bonchev–Trinajstić information content (AvgIpc) is 2.88. The van der Waals surface area contributed by atoms with E-state index in [-0.39, 0.29) is 11.8 Å². The third-order valence-corrected chi connectivity index (χ3v) is 3.84. The standard InChI is InChI=1S/C14H14ClN3O2S/c1-9(19)16-14-17-12(8-21-14)13(20)18(2)7-10-5-3-4-6-11(10)15/h3-6,8H,7H2,1-2H3,(H,16,17,19). The first-order valence-corrected chi connectivity index (χ1v) is 7.45. The lowest BCUT2D eigenvalue weighted by Crippen LogP contribution is -2.26. The Balaban J connectivity index is 2.07. The smallest absolute Gasteiger partial charge is 0.273 e. The molecule has 1 heterocycles. The fourth-order valence-electron chi connectivity index (χ4n) is 1.73. The average molecular weight is 324 g/mol. The van der Waals surface area contributed by atoms with Crippen LogP contribution in [-0.2, 0) is 11.3 Å². The van der Waals surface area contributed by atoms with Crippen molar-refractivity contribution in [2.24, 2.45) is 0 Å². The van der Waals surface area contributed by atoms with E-state index in [1.807, 2.05) is 18.2 Å². The van der Waals surface area contributed by atoms with E-state index in [0.717, 1.165) is 5.56 Å². The fourth-order valence-corrected chi connectivity index (χ4v) is 2.66. The lowest BCUT2D eigenvalue weighted by atomic mass is 10.2. The van der Waals surface area contributed by atoms with E-state index in [1.54, 1.807) is 18.5 Å². The van der Waals surface area contributed by atoms with Crippen molar-refractivity contribution in [3.8, 4) is 0 Å². The predicted octanol–water partition coefficient (Wildman–Crippen LogP) is 3.03. The van der Waals surface area contributed by atoms with Gasteiger partial charge in [-0.2, -0.15) is 0 Å². The molecule has 1 aromatic carbocycles. The summed E-state index contributed by atoms with van der Waals surface area (Å²) in [6.07, 6.45) is 0. The highest BCUT2D eigenvalue weighted by atomic mass is 35.5. The number of thiazole rings is 1. The first kappa shape index (κ1) is 15.5. The van der Waals surface area contributed by atoms with Gasteiger partial charge in [0.1, 0.15) is 5.69 Å². The van der Waals surface area contributed by atoms with Crippen LogP contribution in [0.4, 0.5) is 5.13 Å². The van der Waals surface area contributed by atoms with Gasteiger partial charge < -0.3 is 10.2 Å². The van der Waals surface area contributed by atoms with E-state index >= 15 is 0 Å². The number of amides is 2. The van der Waals surface area contributed by atoms with Crippen molar-refractivity contribution in [3.05, 3.63) is 45.9 Å². The van der Waals surface area contributed by atoms with Gasteiger partial charge in [0.2, 0.25) is 5.91 Å². The van der Waals surface area contributed by atoms with Gasteiger partial charge in [-0.15, -0.1) is 11.3 Å². The van der Waals surface area contributed by atoms with Crippen LogP contribution in [-0.4, -0.2) is 28.7 Å². The summed E-state index contributed by atoms with van der Waals surface area (Å²) in [7, 11) is 1.68. The summed E-state index contributed by atoms with van der Waals surface area (Å²) in [4.78, 5) is 28.9. The molecular weight excluding hydrogens is 310 g/mol. The van der Waals surface area contributed by atoms with E-state index in [9.17, 15) is 9.59 Å². The SMILES string of the molecule is CC(=O)Nc1nc(C(=O)N(C)Cc2ccccc2Cl)cs1.